The predicted octanol–water partition coefficient (Wildman–Crippen LogP) is 17.1. The second-order valence-electron chi connectivity index (χ2n) is 21.1. The summed E-state index contributed by atoms with van der Waals surface area (Å²) in [7, 11) is 4.84. The topological polar surface area (TPSA) is 158 Å². The van der Waals surface area contributed by atoms with Gasteiger partial charge in [0.25, 0.3) is 0 Å². The molecule has 0 fully saturated rings. The fourth-order valence-electron chi connectivity index (χ4n) is 8.22. The van der Waals surface area contributed by atoms with Crippen molar-refractivity contribution in [2.75, 3.05) is 28.4 Å². The fraction of sp³-hybridized carbons (Fsp3) is 0.0930. The van der Waals surface area contributed by atoms with Crippen LogP contribution in [-0.4, -0.2) is 64.3 Å². The summed E-state index contributed by atoms with van der Waals surface area (Å²) in [4.78, 5) is 72.8. The fourth-order valence-corrected chi connectivity index (χ4v) is 8.22. The number of benzene rings is 11. The number of carbonyl (C=O) groups is 6. The van der Waals surface area contributed by atoms with E-state index < -0.39 is 35.8 Å². The van der Waals surface area contributed by atoms with E-state index in [4.69, 9.17) is 18.9 Å². The van der Waals surface area contributed by atoms with E-state index in [9.17, 15) is 28.8 Å². The van der Waals surface area contributed by atoms with Gasteiger partial charge in [0.05, 0.1) is 61.8 Å². The van der Waals surface area contributed by atoms with Gasteiger partial charge in [-0.2, -0.15) is 0 Å². The van der Waals surface area contributed by atoms with E-state index in [0.717, 1.165) is 27.8 Å². The molecule has 98 heavy (non-hydrogen) atoms. The first-order chi connectivity index (χ1) is 47.5. The Kier molecular flexibility index (Phi) is 30.8. The van der Waals surface area contributed by atoms with Gasteiger partial charge in [-0.25, -0.2) is 28.8 Å². The maximum atomic E-state index is 12.7. The molecule has 12 heteroatoms. The molecule has 488 valence electrons. The quantitative estimate of drug-likeness (QED) is 0.0615. The molecule has 0 heterocycles. The van der Waals surface area contributed by atoms with Crippen LogP contribution in [0.2, 0.25) is 0 Å². The Morgan fingerprint density at radius 3 is 0.582 bits per heavy atom. The van der Waals surface area contributed by atoms with Crippen LogP contribution in [0.15, 0.2) is 291 Å². The molecule has 0 aliphatic heterocycles. The molecule has 0 atom stereocenters. The summed E-state index contributed by atoms with van der Waals surface area (Å²) in [6, 6.07) is 89.0. The van der Waals surface area contributed by atoms with E-state index in [1.807, 2.05) is 158 Å². The van der Waals surface area contributed by atoms with Gasteiger partial charge < -0.3 is 28.4 Å². The molecule has 0 N–H and O–H groups in total. The van der Waals surface area contributed by atoms with Crippen LogP contribution >= 0.6 is 0 Å². The van der Waals surface area contributed by atoms with Gasteiger partial charge in [-0.3, -0.25) is 0 Å². The largest absolute Gasteiger partial charge is 0.465 e. The molecule has 0 radical (unpaired) electrons. The third-order valence-electron chi connectivity index (χ3n) is 13.4. The Hall–Kier alpha value is -13.1. The first-order valence-electron chi connectivity index (χ1n) is 30.6. The molecular formula is C86H72O12. The SMILES string of the molecule is COC(=O)c1cc(OC(=O)c2ccc(C#Cc3ccc(C#Cc4ccccc4)cc3)cc2)cc(C(=O)OC)c1.COC(=O)c1cc(OC(=O)c2ccc(C#Cc3ccccc3)cc2)cc(C(=O)OC)c1.Cc1ccccc1.Cc1ccccc1.Cc1ccccc1.Cc1ccccc1. The molecule has 0 spiro atoms. The summed E-state index contributed by atoms with van der Waals surface area (Å²) >= 11 is 0. The zero-order chi connectivity index (χ0) is 70.3. The maximum absolute atomic E-state index is 12.7. The smallest absolute Gasteiger partial charge is 0.343 e. The summed E-state index contributed by atoms with van der Waals surface area (Å²) in [5.41, 5.74) is 11.1. The summed E-state index contributed by atoms with van der Waals surface area (Å²) in [6.45, 7) is 8.33. The van der Waals surface area contributed by atoms with Crippen molar-refractivity contribution < 1.29 is 57.2 Å². The molecule has 0 bridgehead atoms. The molecule has 11 aromatic rings. The van der Waals surface area contributed by atoms with E-state index in [0.29, 0.717) is 5.56 Å². The Morgan fingerprint density at radius 1 is 0.214 bits per heavy atom. The number of rotatable bonds is 8. The van der Waals surface area contributed by atoms with Crippen molar-refractivity contribution in [3.63, 3.8) is 0 Å². The monoisotopic (exact) mass is 1300 g/mol. The lowest BCUT2D eigenvalue weighted by molar-refractivity contribution is 0.0579. The highest BCUT2D eigenvalue weighted by molar-refractivity contribution is 5.98. The summed E-state index contributed by atoms with van der Waals surface area (Å²) in [6.07, 6.45) is 0. The lowest BCUT2D eigenvalue weighted by Crippen LogP contribution is -2.11. The molecule has 0 saturated heterocycles. The van der Waals surface area contributed by atoms with Crippen LogP contribution in [0.1, 0.15) is 118 Å². The van der Waals surface area contributed by atoms with Gasteiger partial charge in [-0.15, -0.1) is 0 Å². The molecule has 0 saturated carbocycles. The maximum Gasteiger partial charge on any atom is 0.343 e. The lowest BCUT2D eigenvalue weighted by Gasteiger charge is -2.09. The Balaban J connectivity index is 0.000000222. The molecule has 0 unspecified atom stereocenters. The third-order valence-corrected chi connectivity index (χ3v) is 13.4. The van der Waals surface area contributed by atoms with Gasteiger partial charge in [-0.05, 0) is 161 Å². The lowest BCUT2D eigenvalue weighted by atomic mass is 10.1. The van der Waals surface area contributed by atoms with E-state index in [2.05, 4.69) is 121 Å². The standard InChI is InChI=1S/C33H22O6.C25H18O6.4C7H8/c1-37-31(34)28-20-29(32(35)38-2)22-30(21-28)39-33(36)27-18-16-26(17-19-27)15-14-25-12-10-24(11-13-25)9-8-23-6-4-3-5-7-23;1-29-23(26)20-14-21(24(27)30-2)16-22(15-20)31-25(28)19-12-10-18(11-13-19)9-8-17-6-4-3-5-7-17;4*1-7-5-3-2-4-6-7/h3-7,10-13,16-22H,1-2H3;3-7,10-16H,1-2H3;4*2-6H,1H3. The van der Waals surface area contributed by atoms with Crippen molar-refractivity contribution >= 4 is 35.8 Å². The van der Waals surface area contributed by atoms with E-state index in [1.165, 1.54) is 87.1 Å². The number of ether oxygens (including phenoxy) is 6. The summed E-state index contributed by atoms with van der Waals surface area (Å²) in [5.74, 6) is 14.5. The molecule has 12 nitrogen and oxygen atoms in total. The van der Waals surface area contributed by atoms with E-state index in [-0.39, 0.29) is 44.9 Å². The Labute approximate surface area is 573 Å². The summed E-state index contributed by atoms with van der Waals surface area (Å²) in [5, 5.41) is 0. The van der Waals surface area contributed by atoms with E-state index in [1.54, 1.807) is 48.5 Å². The Bertz CT molecular complexity index is 4320. The zero-order valence-electron chi connectivity index (χ0n) is 55.6. The average molecular weight is 1300 g/mol. The molecular weight excluding hydrogens is 1220 g/mol. The van der Waals surface area contributed by atoms with Gasteiger partial charge in [0.1, 0.15) is 11.5 Å². The van der Waals surface area contributed by atoms with Crippen LogP contribution in [0, 0.1) is 63.2 Å². The zero-order valence-corrected chi connectivity index (χ0v) is 55.6. The Morgan fingerprint density at radius 2 is 0.398 bits per heavy atom. The van der Waals surface area contributed by atoms with Crippen LogP contribution in [-0.2, 0) is 18.9 Å². The molecule has 0 aliphatic carbocycles. The van der Waals surface area contributed by atoms with Crippen molar-refractivity contribution in [2.24, 2.45) is 0 Å². The average Bonchev–Trinajstić information content (AvgIpc) is 0.892. The van der Waals surface area contributed by atoms with Gasteiger partial charge in [0.15, 0.2) is 0 Å². The van der Waals surface area contributed by atoms with Gasteiger partial charge in [0.2, 0.25) is 0 Å². The minimum Gasteiger partial charge on any atom is -0.465 e. The minimum absolute atomic E-state index is 0.00377. The number of esters is 6. The number of hydrogen-bond donors (Lipinski definition) is 0. The number of methoxy groups -OCH3 is 4. The van der Waals surface area contributed by atoms with Gasteiger partial charge >= 0.3 is 35.8 Å². The van der Waals surface area contributed by atoms with Crippen LogP contribution in [0.25, 0.3) is 0 Å². The number of hydrogen-bond acceptors (Lipinski definition) is 12. The second kappa shape index (κ2) is 40.8. The molecule has 11 rings (SSSR count). The van der Waals surface area contributed by atoms with Crippen LogP contribution in [0.4, 0.5) is 0 Å². The van der Waals surface area contributed by atoms with E-state index >= 15 is 0 Å². The highest BCUT2D eigenvalue weighted by Crippen LogP contribution is 2.23. The second-order valence-corrected chi connectivity index (χ2v) is 21.1. The highest BCUT2D eigenvalue weighted by Gasteiger charge is 2.19. The summed E-state index contributed by atoms with van der Waals surface area (Å²) < 4.78 is 29.5. The molecule has 0 aliphatic rings. The van der Waals surface area contributed by atoms with Gasteiger partial charge in [0, 0.05) is 33.4 Å². The van der Waals surface area contributed by atoms with Crippen molar-refractivity contribution in [2.45, 2.75) is 27.7 Å². The highest BCUT2D eigenvalue weighted by atomic mass is 16.5. The predicted molar refractivity (Wildman–Crippen MR) is 383 cm³/mol. The molecule has 0 amide bonds. The number of carbonyl (C=O) groups excluding carboxylic acids is 6. The first-order valence-corrected chi connectivity index (χ1v) is 30.6. The molecule has 0 aromatic heterocycles. The number of aryl methyl sites for hydroxylation is 4. The van der Waals surface area contributed by atoms with Gasteiger partial charge in [-0.1, -0.05) is 216 Å². The van der Waals surface area contributed by atoms with Crippen molar-refractivity contribution in [3.05, 3.63) is 380 Å². The normalized spacial score (nSPS) is 9.43. The molecule has 11 aromatic carbocycles. The van der Waals surface area contributed by atoms with Crippen molar-refractivity contribution in [3.8, 4) is 47.0 Å². The van der Waals surface area contributed by atoms with Crippen molar-refractivity contribution in [1.29, 1.82) is 0 Å². The van der Waals surface area contributed by atoms with Crippen LogP contribution < -0.4 is 9.47 Å². The minimum atomic E-state index is -0.685. The third kappa shape index (κ3) is 26.9. The van der Waals surface area contributed by atoms with Crippen LogP contribution in [0.5, 0.6) is 11.5 Å². The first kappa shape index (κ1) is 74.0. The van der Waals surface area contributed by atoms with Crippen LogP contribution in [0.3, 0.4) is 0 Å². The van der Waals surface area contributed by atoms with Crippen molar-refractivity contribution in [1.82, 2.24) is 0 Å².